The predicted molar refractivity (Wildman–Crippen MR) is 66.5 cm³/mol. The molecule has 2 N–H and O–H groups in total. The van der Waals surface area contributed by atoms with E-state index in [2.05, 4.69) is 24.1 Å². The lowest BCUT2D eigenvalue weighted by Crippen LogP contribution is -2.13. The molecule has 0 aromatic carbocycles. The fourth-order valence-corrected chi connectivity index (χ4v) is 2.64. The van der Waals surface area contributed by atoms with Gasteiger partial charge in [-0.25, -0.2) is 4.98 Å². The molecule has 0 spiro atoms. The summed E-state index contributed by atoms with van der Waals surface area (Å²) >= 11 is 0. The van der Waals surface area contributed by atoms with Crippen molar-refractivity contribution in [2.45, 2.75) is 58.4 Å². The first-order valence-corrected chi connectivity index (χ1v) is 6.57. The number of aryl methyl sites for hydroxylation is 1. The van der Waals surface area contributed by atoms with Gasteiger partial charge in [0.1, 0.15) is 5.82 Å². The van der Waals surface area contributed by atoms with Crippen molar-refractivity contribution in [1.29, 1.82) is 0 Å². The third-order valence-corrected chi connectivity index (χ3v) is 3.51. The lowest BCUT2D eigenvalue weighted by molar-refractivity contribution is 0.436. The maximum absolute atomic E-state index is 4.75. The molecule has 0 aliphatic heterocycles. The summed E-state index contributed by atoms with van der Waals surface area (Å²) in [5.74, 6) is 1.81. The summed E-state index contributed by atoms with van der Waals surface area (Å²) in [6.45, 7) is 6.15. The van der Waals surface area contributed by atoms with Crippen molar-refractivity contribution < 1.29 is 0 Å². The SMILES string of the molecule is CCNCc1nc(C2CCCCC2)c(C)[nH]1. The normalized spacial score (nSPS) is 17.9. The minimum atomic E-state index is 0.709. The molecule has 1 fully saturated rings. The van der Waals surface area contributed by atoms with Crippen LogP contribution in [0.5, 0.6) is 0 Å². The lowest BCUT2D eigenvalue weighted by atomic mass is 9.86. The fraction of sp³-hybridized carbons (Fsp3) is 0.769. The van der Waals surface area contributed by atoms with Crippen LogP contribution in [0.1, 0.15) is 62.2 Å². The second kappa shape index (κ2) is 5.48. The van der Waals surface area contributed by atoms with Crippen molar-refractivity contribution in [3.63, 3.8) is 0 Å². The predicted octanol–water partition coefficient (Wildman–Crippen LogP) is 2.88. The van der Waals surface area contributed by atoms with Gasteiger partial charge in [-0.3, -0.25) is 0 Å². The van der Waals surface area contributed by atoms with Crippen LogP contribution < -0.4 is 5.32 Å². The largest absolute Gasteiger partial charge is 0.345 e. The van der Waals surface area contributed by atoms with Crippen LogP contribution in [-0.2, 0) is 6.54 Å². The number of aromatic amines is 1. The molecule has 1 aromatic heterocycles. The van der Waals surface area contributed by atoms with E-state index in [4.69, 9.17) is 4.98 Å². The first kappa shape index (κ1) is 11.6. The van der Waals surface area contributed by atoms with Gasteiger partial charge in [-0.05, 0) is 26.3 Å². The van der Waals surface area contributed by atoms with Gasteiger partial charge in [-0.1, -0.05) is 26.2 Å². The number of nitrogens with zero attached hydrogens (tertiary/aromatic N) is 1. The molecule has 0 atom stereocenters. The number of nitrogens with one attached hydrogen (secondary N) is 2. The highest BCUT2D eigenvalue weighted by atomic mass is 15.0. The summed E-state index contributed by atoms with van der Waals surface area (Å²) in [6.07, 6.45) is 6.81. The smallest absolute Gasteiger partial charge is 0.120 e. The Morgan fingerprint density at radius 3 is 2.75 bits per heavy atom. The summed E-state index contributed by atoms with van der Waals surface area (Å²) in [7, 11) is 0. The maximum atomic E-state index is 4.75. The lowest BCUT2D eigenvalue weighted by Gasteiger charge is -2.20. The Balaban J connectivity index is 2.04. The highest BCUT2D eigenvalue weighted by Crippen LogP contribution is 2.33. The fourth-order valence-electron chi connectivity index (χ4n) is 2.64. The summed E-state index contributed by atoms with van der Waals surface area (Å²) in [4.78, 5) is 8.16. The summed E-state index contributed by atoms with van der Waals surface area (Å²) < 4.78 is 0. The van der Waals surface area contributed by atoms with Gasteiger partial charge in [0, 0.05) is 11.6 Å². The average molecular weight is 221 g/mol. The van der Waals surface area contributed by atoms with E-state index in [0.717, 1.165) is 18.9 Å². The van der Waals surface area contributed by atoms with Crippen LogP contribution in [0.3, 0.4) is 0 Å². The zero-order valence-electron chi connectivity index (χ0n) is 10.5. The van der Waals surface area contributed by atoms with Crippen molar-refractivity contribution in [2.24, 2.45) is 0 Å². The third-order valence-electron chi connectivity index (χ3n) is 3.51. The molecular weight excluding hydrogens is 198 g/mol. The van der Waals surface area contributed by atoms with Crippen LogP contribution in [0.15, 0.2) is 0 Å². The summed E-state index contributed by atoms with van der Waals surface area (Å²) in [6, 6.07) is 0. The Morgan fingerprint density at radius 2 is 2.06 bits per heavy atom. The van der Waals surface area contributed by atoms with Gasteiger partial charge in [0.05, 0.1) is 12.2 Å². The Labute approximate surface area is 98.1 Å². The van der Waals surface area contributed by atoms with Crippen LogP contribution in [-0.4, -0.2) is 16.5 Å². The average Bonchev–Trinajstić information content (AvgIpc) is 2.69. The number of hydrogen-bond donors (Lipinski definition) is 2. The van der Waals surface area contributed by atoms with Crippen molar-refractivity contribution in [2.75, 3.05) is 6.54 Å². The highest BCUT2D eigenvalue weighted by molar-refractivity contribution is 5.18. The van der Waals surface area contributed by atoms with E-state index in [0.29, 0.717) is 5.92 Å². The van der Waals surface area contributed by atoms with Crippen molar-refractivity contribution in [3.8, 4) is 0 Å². The van der Waals surface area contributed by atoms with Crippen LogP contribution in [0.4, 0.5) is 0 Å². The van der Waals surface area contributed by atoms with E-state index >= 15 is 0 Å². The topological polar surface area (TPSA) is 40.7 Å². The molecule has 1 aliphatic carbocycles. The van der Waals surface area contributed by atoms with Gasteiger partial charge < -0.3 is 10.3 Å². The molecule has 1 aromatic rings. The molecular formula is C13H23N3. The van der Waals surface area contributed by atoms with E-state index in [-0.39, 0.29) is 0 Å². The minimum Gasteiger partial charge on any atom is -0.345 e. The van der Waals surface area contributed by atoms with Crippen LogP contribution in [0, 0.1) is 6.92 Å². The molecule has 3 heteroatoms. The van der Waals surface area contributed by atoms with Gasteiger partial charge >= 0.3 is 0 Å². The Bertz CT molecular complexity index is 324. The van der Waals surface area contributed by atoms with E-state index < -0.39 is 0 Å². The minimum absolute atomic E-state index is 0.709. The van der Waals surface area contributed by atoms with E-state index in [9.17, 15) is 0 Å². The molecule has 2 rings (SSSR count). The first-order valence-electron chi connectivity index (χ1n) is 6.57. The van der Waals surface area contributed by atoms with Crippen molar-refractivity contribution in [1.82, 2.24) is 15.3 Å². The first-order chi connectivity index (χ1) is 7.81. The molecule has 0 radical (unpaired) electrons. The van der Waals surface area contributed by atoms with Crippen molar-refractivity contribution in [3.05, 3.63) is 17.2 Å². The van der Waals surface area contributed by atoms with Gasteiger partial charge in [-0.2, -0.15) is 0 Å². The zero-order valence-corrected chi connectivity index (χ0v) is 10.5. The quantitative estimate of drug-likeness (QED) is 0.820. The number of H-pyrrole nitrogens is 1. The molecule has 1 saturated carbocycles. The number of hydrogen-bond acceptors (Lipinski definition) is 2. The molecule has 0 unspecified atom stereocenters. The Kier molecular flexibility index (Phi) is 3.99. The molecule has 3 nitrogen and oxygen atoms in total. The molecule has 1 heterocycles. The van der Waals surface area contributed by atoms with E-state index in [1.165, 1.54) is 43.5 Å². The van der Waals surface area contributed by atoms with E-state index in [1.807, 2.05) is 0 Å². The number of imidazole rings is 1. The highest BCUT2D eigenvalue weighted by Gasteiger charge is 2.20. The molecule has 0 amide bonds. The van der Waals surface area contributed by atoms with Crippen LogP contribution in [0.2, 0.25) is 0 Å². The summed E-state index contributed by atoms with van der Waals surface area (Å²) in [5.41, 5.74) is 2.60. The molecule has 0 saturated heterocycles. The van der Waals surface area contributed by atoms with Crippen LogP contribution in [0.25, 0.3) is 0 Å². The Morgan fingerprint density at radius 1 is 1.31 bits per heavy atom. The van der Waals surface area contributed by atoms with Crippen LogP contribution >= 0.6 is 0 Å². The van der Waals surface area contributed by atoms with E-state index in [1.54, 1.807) is 0 Å². The number of rotatable bonds is 4. The van der Waals surface area contributed by atoms with Gasteiger partial charge in [0.25, 0.3) is 0 Å². The molecule has 16 heavy (non-hydrogen) atoms. The number of aromatic nitrogens is 2. The molecule has 90 valence electrons. The third kappa shape index (κ3) is 2.64. The Hall–Kier alpha value is -0.830. The summed E-state index contributed by atoms with van der Waals surface area (Å²) in [5, 5.41) is 3.31. The van der Waals surface area contributed by atoms with Gasteiger partial charge in [0.2, 0.25) is 0 Å². The van der Waals surface area contributed by atoms with Gasteiger partial charge in [-0.15, -0.1) is 0 Å². The molecule has 1 aliphatic rings. The second-order valence-electron chi connectivity index (χ2n) is 4.81. The zero-order chi connectivity index (χ0) is 11.4. The van der Waals surface area contributed by atoms with Gasteiger partial charge in [0.15, 0.2) is 0 Å². The van der Waals surface area contributed by atoms with Crippen molar-refractivity contribution >= 4 is 0 Å². The monoisotopic (exact) mass is 221 g/mol. The maximum Gasteiger partial charge on any atom is 0.120 e. The standard InChI is InChI=1S/C13H23N3/c1-3-14-9-12-15-10(2)13(16-12)11-7-5-4-6-8-11/h11,14H,3-9H2,1-2H3,(H,15,16). The second-order valence-corrected chi connectivity index (χ2v) is 4.81. The molecule has 0 bridgehead atoms.